The fourth-order valence-corrected chi connectivity index (χ4v) is 1.31. The van der Waals surface area contributed by atoms with E-state index in [0.29, 0.717) is 19.0 Å². The lowest BCUT2D eigenvalue weighted by Crippen LogP contribution is -2.04. The molecule has 0 spiro atoms. The molecule has 4 heteroatoms. The van der Waals surface area contributed by atoms with E-state index in [-0.39, 0.29) is 0 Å². The van der Waals surface area contributed by atoms with Crippen molar-refractivity contribution >= 4 is 0 Å². The van der Waals surface area contributed by atoms with Crippen LogP contribution in [-0.2, 0) is 13.2 Å². The lowest BCUT2D eigenvalue weighted by atomic mass is 10.3. The Labute approximate surface area is 88.1 Å². The number of nitrogens with one attached hydrogen (secondary N) is 1. The molecule has 0 unspecified atom stereocenters. The summed E-state index contributed by atoms with van der Waals surface area (Å²) in [7, 11) is 0. The van der Waals surface area contributed by atoms with E-state index >= 15 is 0 Å². The largest absolute Gasteiger partial charge is 0.471 e. The van der Waals surface area contributed by atoms with Crippen LogP contribution in [0, 0.1) is 0 Å². The van der Waals surface area contributed by atoms with E-state index in [0.717, 1.165) is 11.3 Å². The highest BCUT2D eigenvalue weighted by atomic mass is 16.5. The molecular weight excluding hydrogens is 190 g/mol. The predicted octanol–water partition coefficient (Wildman–Crippen LogP) is 1.45. The molecule has 0 saturated heterocycles. The Morgan fingerprint density at radius 2 is 2.27 bits per heavy atom. The average Bonchev–Trinajstić information content (AvgIpc) is 2.79. The van der Waals surface area contributed by atoms with Crippen molar-refractivity contribution in [3.8, 4) is 5.88 Å². The number of hydrogen-bond acceptors (Lipinski definition) is 3. The molecule has 78 valence electrons. The molecule has 2 rings (SSSR count). The van der Waals surface area contributed by atoms with E-state index in [9.17, 15) is 0 Å². The maximum absolute atomic E-state index is 5.57. The third-order valence-corrected chi connectivity index (χ3v) is 2.10. The molecule has 0 bridgehead atoms. The summed E-state index contributed by atoms with van der Waals surface area (Å²) in [6.07, 6.45) is 3.56. The zero-order valence-corrected chi connectivity index (χ0v) is 8.31. The summed E-state index contributed by atoms with van der Waals surface area (Å²) in [5.41, 5.74) is 7.51. The Morgan fingerprint density at radius 1 is 1.33 bits per heavy atom. The Bertz CT molecular complexity index is 412. The Hall–Kier alpha value is -1.81. The highest BCUT2D eigenvalue weighted by Crippen LogP contribution is 2.14. The second-order valence-corrected chi connectivity index (χ2v) is 3.16. The average molecular weight is 203 g/mol. The van der Waals surface area contributed by atoms with Gasteiger partial charge in [0.15, 0.2) is 0 Å². The first-order valence-electron chi connectivity index (χ1n) is 4.79. The number of rotatable bonds is 4. The highest BCUT2D eigenvalue weighted by molar-refractivity contribution is 5.25. The fourth-order valence-electron chi connectivity index (χ4n) is 1.31. The molecule has 2 aromatic rings. The van der Waals surface area contributed by atoms with Crippen molar-refractivity contribution in [3.63, 3.8) is 0 Å². The van der Waals surface area contributed by atoms with Gasteiger partial charge in [0.25, 0.3) is 0 Å². The van der Waals surface area contributed by atoms with Crippen LogP contribution in [0.5, 0.6) is 5.88 Å². The number of ether oxygens (including phenoxy) is 1. The summed E-state index contributed by atoms with van der Waals surface area (Å²) in [5, 5.41) is 0. The number of hydrogen-bond donors (Lipinski definition) is 2. The Kier molecular flexibility index (Phi) is 2.99. The molecule has 0 saturated carbocycles. The monoisotopic (exact) mass is 203 g/mol. The summed E-state index contributed by atoms with van der Waals surface area (Å²) in [6, 6.07) is 7.66. The van der Waals surface area contributed by atoms with E-state index in [1.165, 1.54) is 0 Å². The quantitative estimate of drug-likeness (QED) is 0.790. The molecule has 15 heavy (non-hydrogen) atoms. The first kappa shape index (κ1) is 9.73. The third-order valence-electron chi connectivity index (χ3n) is 2.10. The fraction of sp³-hybridized carbons (Fsp3) is 0.182. The van der Waals surface area contributed by atoms with Crippen molar-refractivity contribution < 1.29 is 4.74 Å². The Balaban J connectivity index is 2.04. The standard InChI is InChI=1S/C11H13N3O/c12-7-9-3-1-6-14-11(9)15-8-10-4-2-5-13-10/h1-6,13H,7-8,12H2. The van der Waals surface area contributed by atoms with Crippen molar-refractivity contribution in [2.24, 2.45) is 5.73 Å². The van der Waals surface area contributed by atoms with Gasteiger partial charge in [0.05, 0.1) is 5.69 Å². The van der Waals surface area contributed by atoms with Crippen molar-refractivity contribution in [2.45, 2.75) is 13.2 Å². The van der Waals surface area contributed by atoms with Crippen molar-refractivity contribution in [1.29, 1.82) is 0 Å². The zero-order valence-electron chi connectivity index (χ0n) is 8.31. The first-order chi connectivity index (χ1) is 7.40. The van der Waals surface area contributed by atoms with Gasteiger partial charge in [-0.1, -0.05) is 6.07 Å². The van der Waals surface area contributed by atoms with Crippen molar-refractivity contribution in [3.05, 3.63) is 47.9 Å². The maximum atomic E-state index is 5.57. The Morgan fingerprint density at radius 3 is 3.00 bits per heavy atom. The molecule has 0 atom stereocenters. The van der Waals surface area contributed by atoms with Crippen LogP contribution in [-0.4, -0.2) is 9.97 Å². The van der Waals surface area contributed by atoms with Gasteiger partial charge in [0.2, 0.25) is 5.88 Å². The van der Waals surface area contributed by atoms with E-state index in [1.54, 1.807) is 6.20 Å². The summed E-state index contributed by atoms with van der Waals surface area (Å²) in [4.78, 5) is 7.19. The van der Waals surface area contributed by atoms with Gasteiger partial charge in [-0.2, -0.15) is 0 Å². The topological polar surface area (TPSA) is 63.9 Å². The second kappa shape index (κ2) is 4.61. The molecule has 0 aromatic carbocycles. The van der Waals surface area contributed by atoms with E-state index < -0.39 is 0 Å². The van der Waals surface area contributed by atoms with Gasteiger partial charge in [-0.05, 0) is 18.2 Å². The third kappa shape index (κ3) is 2.35. The minimum atomic E-state index is 0.438. The number of aromatic nitrogens is 2. The molecule has 0 fully saturated rings. The van der Waals surface area contributed by atoms with Crippen LogP contribution in [0.1, 0.15) is 11.3 Å². The maximum Gasteiger partial charge on any atom is 0.218 e. The summed E-state index contributed by atoms with van der Waals surface area (Å²) in [5.74, 6) is 0.606. The molecule has 3 N–H and O–H groups in total. The summed E-state index contributed by atoms with van der Waals surface area (Å²) in [6.45, 7) is 0.922. The van der Waals surface area contributed by atoms with E-state index in [4.69, 9.17) is 10.5 Å². The molecule has 4 nitrogen and oxygen atoms in total. The van der Waals surface area contributed by atoms with Gasteiger partial charge in [0.1, 0.15) is 6.61 Å². The first-order valence-corrected chi connectivity index (χ1v) is 4.79. The predicted molar refractivity (Wildman–Crippen MR) is 57.3 cm³/mol. The van der Waals surface area contributed by atoms with Crippen molar-refractivity contribution in [2.75, 3.05) is 0 Å². The van der Waals surface area contributed by atoms with Crippen LogP contribution in [0.2, 0.25) is 0 Å². The smallest absolute Gasteiger partial charge is 0.218 e. The zero-order chi connectivity index (χ0) is 10.5. The van der Waals surface area contributed by atoms with Crippen LogP contribution < -0.4 is 10.5 Å². The molecule has 0 aliphatic rings. The molecule has 0 aliphatic carbocycles. The highest BCUT2D eigenvalue weighted by Gasteiger charge is 2.02. The molecule has 0 amide bonds. The lowest BCUT2D eigenvalue weighted by Gasteiger charge is -2.07. The normalized spacial score (nSPS) is 10.2. The molecule has 0 radical (unpaired) electrons. The number of aromatic amines is 1. The molecule has 2 aromatic heterocycles. The van der Waals surface area contributed by atoms with Crippen molar-refractivity contribution in [1.82, 2.24) is 9.97 Å². The minimum absolute atomic E-state index is 0.438. The van der Waals surface area contributed by atoms with Crippen LogP contribution >= 0.6 is 0 Å². The number of pyridine rings is 1. The molecular formula is C11H13N3O. The molecule has 0 aliphatic heterocycles. The van der Waals surface area contributed by atoms with Gasteiger partial charge in [-0.15, -0.1) is 0 Å². The number of nitrogens with zero attached hydrogens (tertiary/aromatic N) is 1. The van der Waals surface area contributed by atoms with Gasteiger partial charge in [-0.3, -0.25) is 0 Å². The van der Waals surface area contributed by atoms with Gasteiger partial charge in [-0.25, -0.2) is 4.98 Å². The van der Waals surface area contributed by atoms with Crippen LogP contribution in [0.4, 0.5) is 0 Å². The summed E-state index contributed by atoms with van der Waals surface area (Å²) >= 11 is 0. The van der Waals surface area contributed by atoms with Crippen LogP contribution in [0.15, 0.2) is 36.7 Å². The minimum Gasteiger partial charge on any atom is -0.471 e. The van der Waals surface area contributed by atoms with E-state index in [2.05, 4.69) is 9.97 Å². The van der Waals surface area contributed by atoms with E-state index in [1.807, 2.05) is 30.5 Å². The molecule has 2 heterocycles. The van der Waals surface area contributed by atoms with Crippen LogP contribution in [0.3, 0.4) is 0 Å². The summed E-state index contributed by atoms with van der Waals surface area (Å²) < 4.78 is 5.55. The number of nitrogens with two attached hydrogens (primary N) is 1. The van der Waals surface area contributed by atoms with Gasteiger partial charge >= 0.3 is 0 Å². The van der Waals surface area contributed by atoms with Gasteiger partial charge in [0, 0.05) is 24.5 Å². The number of H-pyrrole nitrogens is 1. The van der Waals surface area contributed by atoms with Crippen LogP contribution in [0.25, 0.3) is 0 Å². The SMILES string of the molecule is NCc1cccnc1OCc1ccc[nH]1. The van der Waals surface area contributed by atoms with Gasteiger partial charge < -0.3 is 15.5 Å². The second-order valence-electron chi connectivity index (χ2n) is 3.16. The lowest BCUT2D eigenvalue weighted by molar-refractivity contribution is 0.286.